The number of ether oxygens (including phenoxy) is 1. The third kappa shape index (κ3) is 2.93. The van der Waals surface area contributed by atoms with Gasteiger partial charge in [-0.25, -0.2) is 4.98 Å². The number of pyridine rings is 1. The predicted octanol–water partition coefficient (Wildman–Crippen LogP) is 2.37. The van der Waals surface area contributed by atoms with Crippen LogP contribution in [0.3, 0.4) is 0 Å². The monoisotopic (exact) mass is 206 g/mol. The molecule has 1 aliphatic rings. The highest BCUT2D eigenvalue weighted by atomic mass is 16.5. The van der Waals surface area contributed by atoms with Crippen LogP contribution in [0.1, 0.15) is 25.3 Å². The average Bonchev–Trinajstić information content (AvgIpc) is 2.22. The zero-order chi connectivity index (χ0) is 10.7. The second kappa shape index (κ2) is 4.62. The summed E-state index contributed by atoms with van der Waals surface area (Å²) in [6.45, 7) is 5.02. The lowest BCUT2D eigenvalue weighted by atomic mass is 10.0. The lowest BCUT2D eigenvalue weighted by Crippen LogP contribution is -2.32. The van der Waals surface area contributed by atoms with E-state index in [0.29, 0.717) is 12.1 Å². The summed E-state index contributed by atoms with van der Waals surface area (Å²) in [7, 11) is 0. The molecule has 0 bridgehead atoms. The summed E-state index contributed by atoms with van der Waals surface area (Å²) in [6, 6.07) is 4.62. The van der Waals surface area contributed by atoms with Crippen LogP contribution in [-0.4, -0.2) is 23.7 Å². The van der Waals surface area contributed by atoms with E-state index in [1.807, 2.05) is 19.2 Å². The molecule has 0 aromatic carbocycles. The number of nitrogens with zero attached hydrogens (tertiary/aromatic N) is 1. The second-order valence-electron chi connectivity index (χ2n) is 4.27. The molecule has 1 aliphatic heterocycles. The molecule has 2 rings (SSSR count). The highest BCUT2D eigenvalue weighted by Gasteiger charge is 2.18. The quantitative estimate of drug-likeness (QED) is 0.806. The molecule has 3 heteroatoms. The van der Waals surface area contributed by atoms with Gasteiger partial charge in [0.25, 0.3) is 0 Å². The molecule has 0 radical (unpaired) electrons. The summed E-state index contributed by atoms with van der Waals surface area (Å²) in [5, 5.41) is 3.45. The van der Waals surface area contributed by atoms with Gasteiger partial charge in [0.15, 0.2) is 0 Å². The first kappa shape index (κ1) is 10.4. The van der Waals surface area contributed by atoms with Crippen molar-refractivity contribution >= 4 is 5.82 Å². The van der Waals surface area contributed by atoms with Gasteiger partial charge >= 0.3 is 0 Å². The molecule has 1 saturated heterocycles. The molecule has 82 valence electrons. The van der Waals surface area contributed by atoms with Crippen LogP contribution in [0, 0.1) is 6.92 Å². The molecule has 1 fully saturated rings. The van der Waals surface area contributed by atoms with Gasteiger partial charge in [-0.3, -0.25) is 0 Å². The van der Waals surface area contributed by atoms with Crippen molar-refractivity contribution in [2.45, 2.75) is 38.8 Å². The Morgan fingerprint density at radius 1 is 1.47 bits per heavy atom. The number of hydrogen-bond acceptors (Lipinski definition) is 3. The van der Waals surface area contributed by atoms with E-state index in [0.717, 1.165) is 25.3 Å². The van der Waals surface area contributed by atoms with Crippen LogP contribution >= 0.6 is 0 Å². The van der Waals surface area contributed by atoms with Gasteiger partial charge in [-0.1, -0.05) is 6.07 Å². The van der Waals surface area contributed by atoms with E-state index >= 15 is 0 Å². The van der Waals surface area contributed by atoms with Crippen LogP contribution in [0.25, 0.3) is 0 Å². The van der Waals surface area contributed by atoms with Crippen LogP contribution in [0.2, 0.25) is 0 Å². The van der Waals surface area contributed by atoms with E-state index in [2.05, 4.69) is 23.3 Å². The predicted molar refractivity (Wildman–Crippen MR) is 61.0 cm³/mol. The molecule has 3 nitrogen and oxygen atoms in total. The zero-order valence-corrected chi connectivity index (χ0v) is 9.36. The largest absolute Gasteiger partial charge is 0.378 e. The topological polar surface area (TPSA) is 34.1 Å². The summed E-state index contributed by atoms with van der Waals surface area (Å²) >= 11 is 0. The fraction of sp³-hybridized carbons (Fsp3) is 0.583. The van der Waals surface area contributed by atoms with Crippen molar-refractivity contribution < 1.29 is 4.74 Å². The first-order valence-electron chi connectivity index (χ1n) is 5.55. The Labute approximate surface area is 90.9 Å². The van der Waals surface area contributed by atoms with Gasteiger partial charge in [-0.2, -0.15) is 0 Å². The van der Waals surface area contributed by atoms with Crippen molar-refractivity contribution in [1.82, 2.24) is 4.98 Å². The Bertz CT molecular complexity index is 310. The molecule has 1 aromatic heterocycles. The first-order valence-corrected chi connectivity index (χ1v) is 5.55. The number of aryl methyl sites for hydroxylation is 1. The Morgan fingerprint density at radius 3 is 3.00 bits per heavy atom. The van der Waals surface area contributed by atoms with E-state index in [1.54, 1.807) is 0 Å². The molecular weight excluding hydrogens is 188 g/mol. The lowest BCUT2D eigenvalue weighted by molar-refractivity contribution is 0.0232. The Hall–Kier alpha value is -1.09. The molecule has 1 N–H and O–H groups in total. The van der Waals surface area contributed by atoms with Crippen molar-refractivity contribution in [1.29, 1.82) is 0 Å². The maximum absolute atomic E-state index is 5.50. The van der Waals surface area contributed by atoms with Crippen LogP contribution < -0.4 is 5.32 Å². The Morgan fingerprint density at radius 2 is 2.33 bits per heavy atom. The highest BCUT2D eigenvalue weighted by Crippen LogP contribution is 2.17. The summed E-state index contributed by atoms with van der Waals surface area (Å²) in [5.41, 5.74) is 1.20. The molecule has 2 atom stereocenters. The van der Waals surface area contributed by atoms with Gasteiger partial charge in [0.05, 0.1) is 6.10 Å². The molecule has 2 unspecified atom stereocenters. The average molecular weight is 206 g/mol. The number of hydrogen-bond donors (Lipinski definition) is 1. The standard InChI is InChI=1S/C12H18N2O/c1-9-3-4-12(13-8-9)14-11-5-6-15-10(2)7-11/h3-4,8,10-11H,5-7H2,1-2H3,(H,13,14). The van der Waals surface area contributed by atoms with E-state index in [9.17, 15) is 0 Å². The molecule has 0 spiro atoms. The smallest absolute Gasteiger partial charge is 0.126 e. The number of anilines is 1. The van der Waals surface area contributed by atoms with E-state index < -0.39 is 0 Å². The molecular formula is C12H18N2O. The van der Waals surface area contributed by atoms with Crippen LogP contribution in [-0.2, 0) is 4.74 Å². The van der Waals surface area contributed by atoms with Crippen LogP contribution in [0.5, 0.6) is 0 Å². The van der Waals surface area contributed by atoms with Gasteiger partial charge in [0.1, 0.15) is 5.82 Å². The Kier molecular flexibility index (Phi) is 3.21. The Balaban J connectivity index is 1.93. The van der Waals surface area contributed by atoms with Gasteiger partial charge in [-0.15, -0.1) is 0 Å². The minimum Gasteiger partial charge on any atom is -0.378 e. The number of nitrogens with one attached hydrogen (secondary N) is 1. The highest BCUT2D eigenvalue weighted by molar-refractivity contribution is 5.36. The molecule has 2 heterocycles. The van der Waals surface area contributed by atoms with Gasteiger partial charge in [-0.05, 0) is 38.3 Å². The summed E-state index contributed by atoms with van der Waals surface area (Å²) in [6.07, 6.45) is 4.39. The SMILES string of the molecule is Cc1ccc(NC2CCOC(C)C2)nc1. The van der Waals surface area contributed by atoms with Crippen molar-refractivity contribution in [2.24, 2.45) is 0 Å². The minimum absolute atomic E-state index is 0.363. The van der Waals surface area contributed by atoms with E-state index in [-0.39, 0.29) is 0 Å². The lowest BCUT2D eigenvalue weighted by Gasteiger charge is -2.28. The molecule has 1 aromatic rings. The summed E-state index contributed by atoms with van der Waals surface area (Å²) in [4.78, 5) is 4.35. The maximum atomic E-state index is 5.50. The van der Waals surface area contributed by atoms with Crippen molar-refractivity contribution in [3.8, 4) is 0 Å². The number of aromatic nitrogens is 1. The molecule has 15 heavy (non-hydrogen) atoms. The van der Waals surface area contributed by atoms with Crippen molar-refractivity contribution in [3.63, 3.8) is 0 Å². The fourth-order valence-electron chi connectivity index (χ4n) is 1.89. The van der Waals surface area contributed by atoms with Crippen molar-refractivity contribution in [2.75, 3.05) is 11.9 Å². The third-order valence-electron chi connectivity index (χ3n) is 2.75. The van der Waals surface area contributed by atoms with Gasteiger partial charge < -0.3 is 10.1 Å². The second-order valence-corrected chi connectivity index (χ2v) is 4.27. The van der Waals surface area contributed by atoms with Crippen LogP contribution in [0.15, 0.2) is 18.3 Å². The first-order chi connectivity index (χ1) is 7.24. The van der Waals surface area contributed by atoms with E-state index in [4.69, 9.17) is 4.74 Å². The molecule has 0 amide bonds. The van der Waals surface area contributed by atoms with Gasteiger partial charge in [0, 0.05) is 18.8 Å². The number of rotatable bonds is 2. The summed E-state index contributed by atoms with van der Waals surface area (Å²) in [5.74, 6) is 0.972. The maximum Gasteiger partial charge on any atom is 0.126 e. The van der Waals surface area contributed by atoms with Crippen LogP contribution in [0.4, 0.5) is 5.82 Å². The van der Waals surface area contributed by atoms with Gasteiger partial charge in [0.2, 0.25) is 0 Å². The fourth-order valence-corrected chi connectivity index (χ4v) is 1.89. The minimum atomic E-state index is 0.363. The van der Waals surface area contributed by atoms with E-state index in [1.165, 1.54) is 5.56 Å². The molecule has 0 saturated carbocycles. The third-order valence-corrected chi connectivity index (χ3v) is 2.75. The van der Waals surface area contributed by atoms with Crippen molar-refractivity contribution in [3.05, 3.63) is 23.9 Å². The normalized spacial score (nSPS) is 26.3. The molecule has 0 aliphatic carbocycles. The summed E-state index contributed by atoms with van der Waals surface area (Å²) < 4.78 is 5.50. The zero-order valence-electron chi connectivity index (χ0n) is 9.36.